The lowest BCUT2D eigenvalue weighted by Gasteiger charge is -2.10. The van der Waals surface area contributed by atoms with Crippen molar-refractivity contribution in [1.29, 1.82) is 0 Å². The van der Waals surface area contributed by atoms with Gasteiger partial charge in [0.15, 0.2) is 23.0 Å². The van der Waals surface area contributed by atoms with Crippen molar-refractivity contribution in [3.8, 4) is 39.9 Å². The molecule has 0 saturated heterocycles. The van der Waals surface area contributed by atoms with Gasteiger partial charge in [0.1, 0.15) is 11.3 Å². The third-order valence-corrected chi connectivity index (χ3v) is 5.23. The largest absolute Gasteiger partial charge is 0.493 e. The van der Waals surface area contributed by atoms with Crippen LogP contribution in [0.3, 0.4) is 0 Å². The molecule has 4 rings (SSSR count). The van der Waals surface area contributed by atoms with Gasteiger partial charge in [-0.05, 0) is 54.1 Å². The molecule has 174 valence electrons. The van der Waals surface area contributed by atoms with Crippen molar-refractivity contribution >= 4 is 16.9 Å². The Kier molecular flexibility index (Phi) is 6.40. The molecule has 0 aliphatic rings. The number of carbonyl (C=O) groups excluding carboxylic acids is 1. The number of esters is 1. The maximum Gasteiger partial charge on any atom is 0.344 e. The maximum atomic E-state index is 12.7. The molecule has 0 bridgehead atoms. The Balaban J connectivity index is 1.63. The number of ether oxygens (including phenoxy) is 5. The standard InChI is InChI=1S/C26H22O8/c1-29-20-9-6-15(12-23(20)31-3)19-11-16-5-8-18(14-22(16)34-26(19)28)33-25(27)17-7-10-21(30-2)24(13-17)32-4/h5-14H,1-4H3. The van der Waals surface area contributed by atoms with E-state index in [0.717, 1.165) is 0 Å². The number of fused-ring (bicyclic) bond motifs is 1. The van der Waals surface area contributed by atoms with Gasteiger partial charge in [0, 0.05) is 11.5 Å². The minimum absolute atomic E-state index is 0.231. The Hall–Kier alpha value is -4.46. The first-order chi connectivity index (χ1) is 16.5. The summed E-state index contributed by atoms with van der Waals surface area (Å²) in [4.78, 5) is 25.3. The normalized spacial score (nSPS) is 10.6. The highest BCUT2D eigenvalue weighted by Gasteiger charge is 2.15. The predicted molar refractivity (Wildman–Crippen MR) is 126 cm³/mol. The molecule has 0 amide bonds. The molecule has 0 atom stereocenters. The topological polar surface area (TPSA) is 93.4 Å². The van der Waals surface area contributed by atoms with Gasteiger partial charge in [-0.25, -0.2) is 9.59 Å². The van der Waals surface area contributed by atoms with E-state index in [9.17, 15) is 9.59 Å². The van der Waals surface area contributed by atoms with E-state index in [2.05, 4.69) is 0 Å². The zero-order valence-corrected chi connectivity index (χ0v) is 19.0. The molecule has 0 N–H and O–H groups in total. The first kappa shape index (κ1) is 22.7. The fourth-order valence-electron chi connectivity index (χ4n) is 3.49. The van der Waals surface area contributed by atoms with Gasteiger partial charge < -0.3 is 28.1 Å². The molecule has 1 aromatic heterocycles. The van der Waals surface area contributed by atoms with E-state index in [-0.39, 0.29) is 16.9 Å². The molecule has 0 fully saturated rings. The molecule has 8 heteroatoms. The SMILES string of the molecule is COc1ccc(C(=O)Oc2ccc3cc(-c4ccc(OC)c(OC)c4)c(=O)oc3c2)cc1OC. The van der Waals surface area contributed by atoms with E-state index >= 15 is 0 Å². The van der Waals surface area contributed by atoms with Crippen molar-refractivity contribution in [3.63, 3.8) is 0 Å². The molecule has 0 radical (unpaired) electrons. The summed E-state index contributed by atoms with van der Waals surface area (Å²) >= 11 is 0. The number of benzene rings is 3. The summed E-state index contributed by atoms with van der Waals surface area (Å²) in [5.41, 5.74) is 1.01. The zero-order valence-electron chi connectivity index (χ0n) is 19.0. The van der Waals surface area contributed by atoms with Gasteiger partial charge in [-0.1, -0.05) is 6.07 Å². The highest BCUT2D eigenvalue weighted by molar-refractivity contribution is 5.92. The van der Waals surface area contributed by atoms with Gasteiger partial charge in [0.25, 0.3) is 0 Å². The van der Waals surface area contributed by atoms with E-state index < -0.39 is 11.6 Å². The third-order valence-electron chi connectivity index (χ3n) is 5.23. The lowest BCUT2D eigenvalue weighted by molar-refractivity contribution is 0.0734. The van der Waals surface area contributed by atoms with Crippen LogP contribution in [0.4, 0.5) is 0 Å². The molecule has 34 heavy (non-hydrogen) atoms. The number of hydrogen-bond donors (Lipinski definition) is 0. The number of carbonyl (C=O) groups is 1. The molecule has 0 unspecified atom stereocenters. The smallest absolute Gasteiger partial charge is 0.344 e. The summed E-state index contributed by atoms with van der Waals surface area (Å²) in [7, 11) is 6.05. The van der Waals surface area contributed by atoms with Gasteiger partial charge >= 0.3 is 11.6 Å². The van der Waals surface area contributed by atoms with Crippen LogP contribution < -0.4 is 29.3 Å². The van der Waals surface area contributed by atoms with Crippen LogP contribution in [0.25, 0.3) is 22.1 Å². The zero-order chi connectivity index (χ0) is 24.2. The van der Waals surface area contributed by atoms with E-state index in [0.29, 0.717) is 39.5 Å². The molecule has 8 nitrogen and oxygen atoms in total. The van der Waals surface area contributed by atoms with Crippen LogP contribution in [0, 0.1) is 0 Å². The monoisotopic (exact) mass is 462 g/mol. The highest BCUT2D eigenvalue weighted by atomic mass is 16.5. The van der Waals surface area contributed by atoms with E-state index in [1.165, 1.54) is 40.6 Å². The van der Waals surface area contributed by atoms with Crippen LogP contribution in [0.2, 0.25) is 0 Å². The number of rotatable bonds is 7. The minimum Gasteiger partial charge on any atom is -0.493 e. The summed E-state index contributed by atoms with van der Waals surface area (Å²) in [6.07, 6.45) is 0. The van der Waals surface area contributed by atoms with Crippen molar-refractivity contribution in [3.05, 3.63) is 76.6 Å². The van der Waals surface area contributed by atoms with Gasteiger partial charge in [-0.3, -0.25) is 0 Å². The second-order valence-electron chi connectivity index (χ2n) is 7.18. The van der Waals surface area contributed by atoms with Crippen molar-refractivity contribution in [1.82, 2.24) is 0 Å². The Morgan fingerprint density at radius 2 is 1.35 bits per heavy atom. The molecule has 0 spiro atoms. The molecule has 0 aliphatic carbocycles. The fourth-order valence-corrected chi connectivity index (χ4v) is 3.49. The summed E-state index contributed by atoms with van der Waals surface area (Å²) in [5.74, 6) is 1.59. The molecule has 0 aliphatic heterocycles. The van der Waals surface area contributed by atoms with Gasteiger partial charge in [-0.15, -0.1) is 0 Å². The van der Waals surface area contributed by atoms with Gasteiger partial charge in [0.05, 0.1) is 39.6 Å². The van der Waals surface area contributed by atoms with Crippen molar-refractivity contribution < 1.29 is 32.9 Å². The lowest BCUT2D eigenvalue weighted by atomic mass is 10.1. The van der Waals surface area contributed by atoms with Crippen LogP contribution >= 0.6 is 0 Å². The molecule has 4 aromatic rings. The third kappa shape index (κ3) is 4.38. The summed E-state index contributed by atoms with van der Waals surface area (Å²) in [6, 6.07) is 16.4. The maximum absolute atomic E-state index is 12.7. The van der Waals surface area contributed by atoms with Crippen LogP contribution in [0.1, 0.15) is 10.4 Å². The minimum atomic E-state index is -0.593. The van der Waals surface area contributed by atoms with E-state index in [1.807, 2.05) is 0 Å². The highest BCUT2D eigenvalue weighted by Crippen LogP contribution is 2.33. The van der Waals surface area contributed by atoms with Crippen LogP contribution in [0.15, 0.2) is 69.9 Å². The number of hydrogen-bond acceptors (Lipinski definition) is 8. The molecular weight excluding hydrogens is 440 g/mol. The Labute approximate surface area is 195 Å². The van der Waals surface area contributed by atoms with E-state index in [1.54, 1.807) is 48.5 Å². The van der Waals surface area contributed by atoms with Crippen molar-refractivity contribution in [2.75, 3.05) is 28.4 Å². The predicted octanol–water partition coefficient (Wildman–Crippen LogP) is 4.71. The van der Waals surface area contributed by atoms with Crippen LogP contribution in [0.5, 0.6) is 28.7 Å². The van der Waals surface area contributed by atoms with Crippen molar-refractivity contribution in [2.24, 2.45) is 0 Å². The first-order valence-electron chi connectivity index (χ1n) is 10.2. The van der Waals surface area contributed by atoms with Gasteiger partial charge in [0.2, 0.25) is 0 Å². The fraction of sp³-hybridized carbons (Fsp3) is 0.154. The van der Waals surface area contributed by atoms with Crippen LogP contribution in [-0.4, -0.2) is 34.4 Å². The summed E-state index contributed by atoms with van der Waals surface area (Å²) in [5, 5.41) is 0.662. The lowest BCUT2D eigenvalue weighted by Crippen LogP contribution is -2.09. The second kappa shape index (κ2) is 9.58. The molecule has 3 aromatic carbocycles. The molecular formula is C26H22O8. The first-order valence-corrected chi connectivity index (χ1v) is 10.2. The molecule has 1 heterocycles. The Morgan fingerprint density at radius 3 is 2.03 bits per heavy atom. The van der Waals surface area contributed by atoms with Crippen molar-refractivity contribution in [2.45, 2.75) is 0 Å². The van der Waals surface area contributed by atoms with E-state index in [4.69, 9.17) is 28.1 Å². The Bertz CT molecular complexity index is 1420. The average molecular weight is 462 g/mol. The second-order valence-corrected chi connectivity index (χ2v) is 7.18. The van der Waals surface area contributed by atoms with Gasteiger partial charge in [-0.2, -0.15) is 0 Å². The molecule has 0 saturated carbocycles. The average Bonchev–Trinajstić information content (AvgIpc) is 2.87. The summed E-state index contributed by atoms with van der Waals surface area (Å²) in [6.45, 7) is 0. The summed E-state index contributed by atoms with van der Waals surface area (Å²) < 4.78 is 32.0. The Morgan fingerprint density at radius 1 is 0.706 bits per heavy atom. The number of methoxy groups -OCH3 is 4. The van der Waals surface area contributed by atoms with Crippen LogP contribution in [-0.2, 0) is 0 Å². The quantitative estimate of drug-likeness (QED) is 0.221.